The lowest BCUT2D eigenvalue weighted by atomic mass is 10.1. The Morgan fingerprint density at radius 2 is 2.07 bits per heavy atom. The highest BCUT2D eigenvalue weighted by molar-refractivity contribution is 5.54. The van der Waals surface area contributed by atoms with Gasteiger partial charge in [-0.3, -0.25) is 0 Å². The second-order valence-electron chi connectivity index (χ2n) is 4.00. The largest absolute Gasteiger partial charge is 0.371 e. The molecule has 2 heteroatoms. The van der Waals surface area contributed by atoms with Gasteiger partial charge in [-0.15, -0.1) is 0 Å². The minimum atomic E-state index is 0.785. The highest BCUT2D eigenvalue weighted by atomic mass is 15.2. The monoisotopic (exact) mass is 190 g/mol. The van der Waals surface area contributed by atoms with Crippen LogP contribution in [0.5, 0.6) is 0 Å². The van der Waals surface area contributed by atoms with Crippen LogP contribution in [-0.2, 0) is 6.54 Å². The molecule has 0 radical (unpaired) electrons. The zero-order valence-corrected chi connectivity index (χ0v) is 8.96. The van der Waals surface area contributed by atoms with Gasteiger partial charge >= 0.3 is 0 Å². The summed E-state index contributed by atoms with van der Waals surface area (Å²) in [5, 5.41) is 3.21. The molecule has 1 aromatic carbocycles. The van der Waals surface area contributed by atoms with Gasteiger partial charge < -0.3 is 10.2 Å². The van der Waals surface area contributed by atoms with Crippen molar-refractivity contribution < 1.29 is 0 Å². The molecule has 1 aliphatic rings. The first-order chi connectivity index (χ1) is 6.83. The van der Waals surface area contributed by atoms with Gasteiger partial charge in [-0.2, -0.15) is 0 Å². The minimum absolute atomic E-state index is 0.785. The van der Waals surface area contributed by atoms with E-state index in [1.807, 2.05) is 7.05 Å². The molecule has 14 heavy (non-hydrogen) atoms. The summed E-state index contributed by atoms with van der Waals surface area (Å²) < 4.78 is 0. The molecule has 0 saturated heterocycles. The normalized spacial score (nSPS) is 15.6. The van der Waals surface area contributed by atoms with Gasteiger partial charge in [0.2, 0.25) is 0 Å². The Hall–Kier alpha value is -1.02. The average molecular weight is 190 g/mol. The molecule has 1 aliphatic carbocycles. The maximum absolute atomic E-state index is 3.21. The van der Waals surface area contributed by atoms with Crippen molar-refractivity contribution >= 4 is 5.69 Å². The first-order valence-electron chi connectivity index (χ1n) is 5.28. The van der Waals surface area contributed by atoms with Gasteiger partial charge in [-0.1, -0.05) is 18.2 Å². The highest BCUT2D eigenvalue weighted by Gasteiger charge is 2.27. The third-order valence-corrected chi connectivity index (χ3v) is 2.83. The molecule has 2 nitrogen and oxygen atoms in total. The molecule has 0 aliphatic heterocycles. The van der Waals surface area contributed by atoms with Crippen molar-refractivity contribution in [3.05, 3.63) is 29.8 Å². The number of nitrogens with zero attached hydrogens (tertiary/aromatic N) is 1. The predicted octanol–water partition coefficient (Wildman–Crippen LogP) is 2.00. The number of hydrogen-bond donors (Lipinski definition) is 1. The lowest BCUT2D eigenvalue weighted by Crippen LogP contribution is -2.22. The number of anilines is 1. The molecule has 0 bridgehead atoms. The topological polar surface area (TPSA) is 15.3 Å². The van der Waals surface area contributed by atoms with E-state index in [-0.39, 0.29) is 0 Å². The summed E-state index contributed by atoms with van der Waals surface area (Å²) >= 11 is 0. The molecule has 0 atom stereocenters. The van der Waals surface area contributed by atoms with Crippen molar-refractivity contribution in [1.29, 1.82) is 0 Å². The maximum Gasteiger partial charge on any atom is 0.0411 e. The van der Waals surface area contributed by atoms with Crippen molar-refractivity contribution in [2.45, 2.75) is 25.4 Å². The van der Waals surface area contributed by atoms with E-state index in [0.29, 0.717) is 0 Å². The van der Waals surface area contributed by atoms with Crippen LogP contribution in [-0.4, -0.2) is 20.1 Å². The van der Waals surface area contributed by atoms with E-state index < -0.39 is 0 Å². The summed E-state index contributed by atoms with van der Waals surface area (Å²) in [6.07, 6.45) is 2.70. The standard InChI is InChI=1S/C12H18N2/c1-13-9-10-5-3-4-6-12(10)14(2)11-7-8-11/h3-6,11,13H,7-9H2,1-2H3. The Kier molecular flexibility index (Phi) is 2.73. The molecule has 0 unspecified atom stereocenters. The molecular weight excluding hydrogens is 172 g/mol. The van der Waals surface area contributed by atoms with E-state index in [4.69, 9.17) is 0 Å². The van der Waals surface area contributed by atoms with E-state index in [9.17, 15) is 0 Å². The summed E-state index contributed by atoms with van der Waals surface area (Å²) in [6, 6.07) is 9.42. The Morgan fingerprint density at radius 3 is 2.71 bits per heavy atom. The molecular formula is C12H18N2. The van der Waals surface area contributed by atoms with Crippen molar-refractivity contribution in [3.8, 4) is 0 Å². The molecule has 0 spiro atoms. The van der Waals surface area contributed by atoms with E-state index in [0.717, 1.165) is 12.6 Å². The van der Waals surface area contributed by atoms with Gasteiger partial charge in [0.25, 0.3) is 0 Å². The van der Waals surface area contributed by atoms with Gasteiger partial charge in [0, 0.05) is 25.3 Å². The lowest BCUT2D eigenvalue weighted by molar-refractivity contribution is 0.804. The van der Waals surface area contributed by atoms with Gasteiger partial charge in [0.05, 0.1) is 0 Å². The van der Waals surface area contributed by atoms with Crippen LogP contribution in [0.3, 0.4) is 0 Å². The number of rotatable bonds is 4. The molecule has 0 aromatic heterocycles. The molecule has 76 valence electrons. The number of benzene rings is 1. The second-order valence-corrected chi connectivity index (χ2v) is 4.00. The predicted molar refractivity (Wildman–Crippen MR) is 60.6 cm³/mol. The van der Waals surface area contributed by atoms with Crippen molar-refractivity contribution in [3.63, 3.8) is 0 Å². The van der Waals surface area contributed by atoms with Gasteiger partial charge in [-0.05, 0) is 31.5 Å². The van der Waals surface area contributed by atoms with Crippen molar-refractivity contribution in [1.82, 2.24) is 5.32 Å². The van der Waals surface area contributed by atoms with Crippen LogP contribution in [0, 0.1) is 0 Å². The number of nitrogens with one attached hydrogen (secondary N) is 1. The number of para-hydroxylation sites is 1. The van der Waals surface area contributed by atoms with E-state index in [1.54, 1.807) is 0 Å². The van der Waals surface area contributed by atoms with Crippen LogP contribution in [0.4, 0.5) is 5.69 Å². The summed E-state index contributed by atoms with van der Waals surface area (Å²) in [5.41, 5.74) is 2.77. The minimum Gasteiger partial charge on any atom is -0.371 e. The fraction of sp³-hybridized carbons (Fsp3) is 0.500. The summed E-state index contributed by atoms with van der Waals surface area (Å²) in [7, 11) is 4.19. The molecule has 0 heterocycles. The summed E-state index contributed by atoms with van der Waals surface area (Å²) in [6.45, 7) is 0.952. The molecule has 1 aromatic rings. The Balaban J connectivity index is 2.20. The number of hydrogen-bond acceptors (Lipinski definition) is 2. The summed E-state index contributed by atoms with van der Waals surface area (Å²) in [5.74, 6) is 0. The third-order valence-electron chi connectivity index (χ3n) is 2.83. The fourth-order valence-corrected chi connectivity index (χ4v) is 1.85. The second kappa shape index (κ2) is 4.01. The average Bonchev–Trinajstić information content (AvgIpc) is 3.01. The van der Waals surface area contributed by atoms with Crippen LogP contribution in [0.1, 0.15) is 18.4 Å². The summed E-state index contributed by atoms with van der Waals surface area (Å²) in [4.78, 5) is 2.41. The Labute approximate surface area is 85.9 Å². The smallest absolute Gasteiger partial charge is 0.0411 e. The zero-order chi connectivity index (χ0) is 9.97. The fourth-order valence-electron chi connectivity index (χ4n) is 1.85. The van der Waals surface area contributed by atoms with Gasteiger partial charge in [0.15, 0.2) is 0 Å². The van der Waals surface area contributed by atoms with E-state index in [2.05, 4.69) is 41.5 Å². The van der Waals surface area contributed by atoms with Crippen LogP contribution >= 0.6 is 0 Å². The van der Waals surface area contributed by atoms with Crippen LogP contribution in [0.25, 0.3) is 0 Å². The van der Waals surface area contributed by atoms with Crippen LogP contribution in [0.15, 0.2) is 24.3 Å². The van der Waals surface area contributed by atoms with Crippen LogP contribution < -0.4 is 10.2 Å². The molecule has 1 fully saturated rings. The molecule has 0 amide bonds. The van der Waals surface area contributed by atoms with Crippen molar-refractivity contribution in [2.75, 3.05) is 19.0 Å². The van der Waals surface area contributed by atoms with Crippen molar-refractivity contribution in [2.24, 2.45) is 0 Å². The Bertz CT molecular complexity index is 305. The van der Waals surface area contributed by atoms with Gasteiger partial charge in [-0.25, -0.2) is 0 Å². The van der Waals surface area contributed by atoms with Crippen LogP contribution in [0.2, 0.25) is 0 Å². The SMILES string of the molecule is CNCc1ccccc1N(C)C1CC1. The first kappa shape index (κ1) is 9.53. The Morgan fingerprint density at radius 1 is 1.36 bits per heavy atom. The first-order valence-corrected chi connectivity index (χ1v) is 5.28. The molecule has 1 saturated carbocycles. The van der Waals surface area contributed by atoms with E-state index >= 15 is 0 Å². The molecule has 2 rings (SSSR count). The quantitative estimate of drug-likeness (QED) is 0.781. The molecule has 1 N–H and O–H groups in total. The zero-order valence-electron chi connectivity index (χ0n) is 8.96. The van der Waals surface area contributed by atoms with E-state index in [1.165, 1.54) is 24.1 Å². The van der Waals surface area contributed by atoms with Gasteiger partial charge in [0.1, 0.15) is 0 Å². The lowest BCUT2D eigenvalue weighted by Gasteiger charge is -2.22. The third kappa shape index (κ3) is 1.90. The maximum atomic E-state index is 3.21. The highest BCUT2D eigenvalue weighted by Crippen LogP contribution is 2.31.